The third-order valence-corrected chi connectivity index (χ3v) is 8.80. The third-order valence-electron chi connectivity index (χ3n) is 6.86. The first kappa shape index (κ1) is 33.1. The minimum Gasteiger partial charge on any atom is -0.508 e. The molecule has 0 aliphatic carbocycles. The molecule has 8 nitrogen and oxygen atoms in total. The van der Waals surface area contributed by atoms with E-state index in [2.05, 4.69) is 31.9 Å². The number of rotatable bonds is 11. The molecule has 10 heteroatoms. The lowest BCUT2D eigenvalue weighted by Crippen LogP contribution is -2.30. The summed E-state index contributed by atoms with van der Waals surface area (Å²) in [6.45, 7) is 0. The number of phenolic OH excluding ortho intramolecular Hbond substituents is 1. The Balaban J connectivity index is 1.41. The lowest BCUT2D eigenvalue weighted by Gasteiger charge is -2.18. The molecule has 0 saturated heterocycles. The predicted molar refractivity (Wildman–Crippen MR) is 189 cm³/mol. The summed E-state index contributed by atoms with van der Waals surface area (Å²) in [5, 5.41) is 17.9. The molecule has 5 aromatic rings. The molecule has 0 heterocycles. The number of anilines is 2. The second-order valence-corrected chi connectivity index (χ2v) is 12.2. The van der Waals surface area contributed by atoms with E-state index in [0.717, 1.165) is 14.9 Å². The number of halogens is 1. The number of phenols is 1. The molecule has 5 aromatic carbocycles. The average Bonchev–Trinajstić information content (AvgIpc) is 3.09. The van der Waals surface area contributed by atoms with Gasteiger partial charge in [-0.3, -0.25) is 14.4 Å². The lowest BCUT2D eigenvalue weighted by atomic mass is 10.1. The number of methoxy groups -OCH3 is 1. The Morgan fingerprint density at radius 2 is 1.51 bits per heavy atom. The molecule has 0 fully saturated rings. The van der Waals surface area contributed by atoms with Crippen molar-refractivity contribution in [2.75, 3.05) is 17.7 Å². The van der Waals surface area contributed by atoms with Crippen molar-refractivity contribution in [1.82, 2.24) is 5.32 Å². The highest BCUT2D eigenvalue weighted by atomic mass is 79.9. The molecule has 47 heavy (non-hydrogen) atoms. The quantitative estimate of drug-likeness (QED) is 0.0816. The van der Waals surface area contributed by atoms with Crippen molar-refractivity contribution in [2.45, 2.75) is 10.1 Å². The van der Waals surface area contributed by atoms with Crippen molar-refractivity contribution < 1.29 is 24.2 Å². The van der Waals surface area contributed by atoms with E-state index in [9.17, 15) is 19.5 Å². The van der Waals surface area contributed by atoms with Gasteiger partial charge in [-0.05, 0) is 82.2 Å². The van der Waals surface area contributed by atoms with Crippen LogP contribution in [0.15, 0.2) is 142 Å². The van der Waals surface area contributed by atoms with Crippen molar-refractivity contribution >= 4 is 62.9 Å². The molecule has 0 spiro atoms. The van der Waals surface area contributed by atoms with Crippen molar-refractivity contribution in [3.63, 3.8) is 0 Å². The normalized spacial score (nSPS) is 11.7. The largest absolute Gasteiger partial charge is 0.508 e. The maximum Gasteiger partial charge on any atom is 0.272 e. The Morgan fingerprint density at radius 3 is 2.23 bits per heavy atom. The second kappa shape index (κ2) is 15.8. The molecular formula is C37H30BrN3O5S. The summed E-state index contributed by atoms with van der Waals surface area (Å²) in [6, 6.07) is 36.9. The van der Waals surface area contributed by atoms with E-state index in [1.165, 1.54) is 37.1 Å². The van der Waals surface area contributed by atoms with Gasteiger partial charge in [0, 0.05) is 32.2 Å². The first-order valence-electron chi connectivity index (χ1n) is 14.4. The van der Waals surface area contributed by atoms with Gasteiger partial charge in [-0.15, -0.1) is 11.8 Å². The molecule has 236 valence electrons. The highest BCUT2D eigenvalue weighted by Crippen LogP contribution is 2.38. The fraction of sp³-hybridized carbons (Fsp3) is 0.0541. The van der Waals surface area contributed by atoms with Crippen molar-refractivity contribution in [2.24, 2.45) is 0 Å². The fourth-order valence-electron chi connectivity index (χ4n) is 4.56. The standard InChI is InChI=1S/C37H30BrN3O5S/c1-46-33-23-28(42)20-19-26(33)21-32(41-35(43)25-13-6-3-7-14-25)36(44)39-27-15-10-16-29(22-27)47-34(24-11-4-2-5-12-24)37(45)40-31-18-9-8-17-30(31)38/h2-23,34,42H,1H3,(H,39,44)(H,40,45)(H,41,43)/b32-21+. The molecule has 0 aliphatic heterocycles. The number of benzene rings is 5. The topological polar surface area (TPSA) is 117 Å². The first-order chi connectivity index (χ1) is 22.8. The van der Waals surface area contributed by atoms with Gasteiger partial charge in [-0.1, -0.05) is 66.7 Å². The number of thioether (sulfide) groups is 1. The molecule has 5 rings (SSSR count). The second-order valence-electron chi connectivity index (χ2n) is 10.2. The van der Waals surface area contributed by atoms with Crippen LogP contribution in [0.25, 0.3) is 6.08 Å². The maximum atomic E-state index is 13.7. The minimum absolute atomic E-state index is 0.00784. The molecule has 4 N–H and O–H groups in total. The van der Waals surface area contributed by atoms with Crippen LogP contribution in [0.2, 0.25) is 0 Å². The minimum atomic E-state index is -0.600. The van der Waals surface area contributed by atoms with Crippen LogP contribution in [0.5, 0.6) is 11.5 Å². The van der Waals surface area contributed by atoms with Gasteiger partial charge in [0.05, 0.1) is 12.8 Å². The van der Waals surface area contributed by atoms with Crippen molar-refractivity contribution in [1.29, 1.82) is 0 Å². The molecule has 1 atom stereocenters. The number of para-hydroxylation sites is 1. The molecule has 3 amide bonds. The van der Waals surface area contributed by atoms with Gasteiger partial charge >= 0.3 is 0 Å². The Hall–Kier alpha value is -5.32. The molecule has 0 aromatic heterocycles. The van der Waals surface area contributed by atoms with Gasteiger partial charge in [0.15, 0.2) is 0 Å². The molecule has 0 bridgehead atoms. The third kappa shape index (κ3) is 8.90. The van der Waals surface area contributed by atoms with Gasteiger partial charge in [0.2, 0.25) is 5.91 Å². The van der Waals surface area contributed by atoms with Crippen molar-refractivity contribution in [3.05, 3.63) is 154 Å². The van der Waals surface area contributed by atoms with Crippen LogP contribution in [0.1, 0.15) is 26.7 Å². The van der Waals surface area contributed by atoms with Gasteiger partial charge in [-0.2, -0.15) is 0 Å². The number of carbonyl (C=O) groups excluding carboxylic acids is 3. The van der Waals surface area contributed by atoms with Crippen LogP contribution >= 0.6 is 27.7 Å². The summed E-state index contributed by atoms with van der Waals surface area (Å²) < 4.78 is 6.15. The van der Waals surface area contributed by atoms with Crippen LogP contribution < -0.4 is 20.7 Å². The van der Waals surface area contributed by atoms with Crippen LogP contribution in [0, 0.1) is 0 Å². The van der Waals surface area contributed by atoms with E-state index in [0.29, 0.717) is 28.3 Å². The van der Waals surface area contributed by atoms with Gasteiger partial charge in [0.1, 0.15) is 22.4 Å². The van der Waals surface area contributed by atoms with Gasteiger partial charge in [0.25, 0.3) is 11.8 Å². The number of carbonyl (C=O) groups is 3. The van der Waals surface area contributed by atoms with E-state index in [1.54, 1.807) is 54.6 Å². The van der Waals surface area contributed by atoms with Gasteiger partial charge in [-0.25, -0.2) is 0 Å². The Morgan fingerprint density at radius 1 is 0.809 bits per heavy atom. The number of hydrogen-bond acceptors (Lipinski definition) is 6. The Bertz CT molecular complexity index is 1920. The molecule has 0 radical (unpaired) electrons. The Labute approximate surface area is 285 Å². The van der Waals surface area contributed by atoms with Crippen LogP contribution in [-0.2, 0) is 9.59 Å². The first-order valence-corrected chi connectivity index (χ1v) is 16.1. The summed E-state index contributed by atoms with van der Waals surface area (Å²) in [4.78, 5) is 41.1. The van der Waals surface area contributed by atoms with E-state index in [-0.39, 0.29) is 17.4 Å². The van der Waals surface area contributed by atoms with Gasteiger partial charge < -0.3 is 25.8 Å². The lowest BCUT2D eigenvalue weighted by molar-refractivity contribution is -0.116. The predicted octanol–water partition coefficient (Wildman–Crippen LogP) is 8.05. The monoisotopic (exact) mass is 707 g/mol. The fourth-order valence-corrected chi connectivity index (χ4v) is 6.03. The zero-order valence-electron chi connectivity index (χ0n) is 25.1. The molecule has 0 aliphatic rings. The Kier molecular flexibility index (Phi) is 11.1. The summed E-state index contributed by atoms with van der Waals surface area (Å²) >= 11 is 4.83. The van der Waals surface area contributed by atoms with E-state index in [1.807, 2.05) is 60.7 Å². The number of ether oxygens (including phenoxy) is 1. The number of aromatic hydroxyl groups is 1. The van der Waals surface area contributed by atoms with Crippen LogP contribution in [-0.4, -0.2) is 29.9 Å². The van der Waals surface area contributed by atoms with Crippen LogP contribution in [0.4, 0.5) is 11.4 Å². The van der Waals surface area contributed by atoms with E-state index >= 15 is 0 Å². The summed E-state index contributed by atoms with van der Waals surface area (Å²) in [7, 11) is 1.44. The molecule has 1 unspecified atom stereocenters. The number of amides is 3. The highest BCUT2D eigenvalue weighted by Gasteiger charge is 2.23. The zero-order valence-corrected chi connectivity index (χ0v) is 27.5. The summed E-state index contributed by atoms with van der Waals surface area (Å²) in [5.41, 5.74) is 2.71. The van der Waals surface area contributed by atoms with E-state index < -0.39 is 17.1 Å². The van der Waals surface area contributed by atoms with Crippen LogP contribution in [0.3, 0.4) is 0 Å². The molecular weight excluding hydrogens is 678 g/mol. The highest BCUT2D eigenvalue weighted by molar-refractivity contribution is 9.10. The maximum absolute atomic E-state index is 13.7. The zero-order chi connectivity index (χ0) is 33.2. The average molecular weight is 709 g/mol. The smallest absolute Gasteiger partial charge is 0.272 e. The summed E-state index contributed by atoms with van der Waals surface area (Å²) in [6.07, 6.45) is 1.48. The summed E-state index contributed by atoms with van der Waals surface area (Å²) in [5.74, 6) is -0.963. The SMILES string of the molecule is COc1cc(O)ccc1/C=C(/NC(=O)c1ccccc1)C(=O)Nc1cccc(SC(C(=O)Nc2ccccc2Br)c2ccccc2)c1. The number of nitrogens with one attached hydrogen (secondary N) is 3. The molecule has 0 saturated carbocycles. The van der Waals surface area contributed by atoms with E-state index in [4.69, 9.17) is 4.74 Å². The number of hydrogen-bond donors (Lipinski definition) is 4. The van der Waals surface area contributed by atoms with Crippen molar-refractivity contribution in [3.8, 4) is 11.5 Å².